The molecule has 1 aliphatic heterocycles. The van der Waals surface area contributed by atoms with Crippen molar-refractivity contribution in [2.24, 2.45) is 0 Å². The summed E-state index contributed by atoms with van der Waals surface area (Å²) in [5, 5.41) is 2.16. The van der Waals surface area contributed by atoms with Crippen LogP contribution in [0.4, 0.5) is 0 Å². The largest absolute Gasteiger partial charge is 0.348 e. The number of thiophene rings is 1. The van der Waals surface area contributed by atoms with E-state index in [0.29, 0.717) is 6.04 Å². The third-order valence-corrected chi connectivity index (χ3v) is 5.38. The minimum absolute atomic E-state index is 0.217. The molecule has 4 heteroatoms. The summed E-state index contributed by atoms with van der Waals surface area (Å²) < 4.78 is 11.6. The van der Waals surface area contributed by atoms with Gasteiger partial charge < -0.3 is 14.4 Å². The molecule has 0 N–H and O–H groups in total. The Hall–Kier alpha value is -0.420. The SMILES string of the molecule is CN(CCc1cccs1)C1CCC2(CC1)OCCO2. The second-order valence-electron chi connectivity index (χ2n) is 5.65. The molecule has 1 aromatic heterocycles. The lowest BCUT2D eigenvalue weighted by molar-refractivity contribution is -0.183. The van der Waals surface area contributed by atoms with E-state index in [0.717, 1.165) is 32.6 Å². The molecule has 1 aromatic rings. The average molecular weight is 281 g/mol. The molecule has 19 heavy (non-hydrogen) atoms. The van der Waals surface area contributed by atoms with Crippen LogP contribution < -0.4 is 0 Å². The van der Waals surface area contributed by atoms with Gasteiger partial charge in [-0.05, 0) is 37.8 Å². The van der Waals surface area contributed by atoms with E-state index >= 15 is 0 Å². The maximum atomic E-state index is 5.79. The van der Waals surface area contributed by atoms with Crippen molar-refractivity contribution in [2.45, 2.75) is 43.9 Å². The standard InChI is InChI=1S/C15H23NO2S/c1-16(9-6-14-3-2-12-19-14)13-4-7-15(8-5-13)17-10-11-18-15/h2-3,12-13H,4-11H2,1H3. The van der Waals surface area contributed by atoms with Gasteiger partial charge in [0, 0.05) is 30.3 Å². The third kappa shape index (κ3) is 3.19. The van der Waals surface area contributed by atoms with Gasteiger partial charge in [0.15, 0.2) is 5.79 Å². The number of ether oxygens (including phenoxy) is 2. The van der Waals surface area contributed by atoms with E-state index in [1.807, 2.05) is 11.3 Å². The Morgan fingerprint density at radius 2 is 2.05 bits per heavy atom. The van der Waals surface area contributed by atoms with E-state index in [4.69, 9.17) is 9.47 Å². The van der Waals surface area contributed by atoms with Gasteiger partial charge in [-0.2, -0.15) is 0 Å². The predicted molar refractivity (Wildman–Crippen MR) is 77.5 cm³/mol. The predicted octanol–water partition coefficient (Wildman–Crippen LogP) is 2.91. The van der Waals surface area contributed by atoms with Gasteiger partial charge in [0.25, 0.3) is 0 Å². The summed E-state index contributed by atoms with van der Waals surface area (Å²) in [4.78, 5) is 4.00. The first-order chi connectivity index (χ1) is 9.27. The fourth-order valence-electron chi connectivity index (χ4n) is 3.19. The van der Waals surface area contributed by atoms with Crippen molar-refractivity contribution >= 4 is 11.3 Å². The zero-order valence-corrected chi connectivity index (χ0v) is 12.5. The van der Waals surface area contributed by atoms with E-state index in [9.17, 15) is 0 Å². The van der Waals surface area contributed by atoms with E-state index < -0.39 is 0 Å². The maximum Gasteiger partial charge on any atom is 0.168 e. The molecule has 3 rings (SSSR count). The van der Waals surface area contributed by atoms with Crippen LogP contribution >= 0.6 is 11.3 Å². The van der Waals surface area contributed by atoms with Gasteiger partial charge in [0.1, 0.15) is 0 Å². The Bertz CT molecular complexity index is 377. The van der Waals surface area contributed by atoms with Gasteiger partial charge in [0.05, 0.1) is 13.2 Å². The van der Waals surface area contributed by atoms with Crippen molar-refractivity contribution in [1.82, 2.24) is 4.90 Å². The highest BCUT2D eigenvalue weighted by molar-refractivity contribution is 7.09. The molecule has 0 bridgehead atoms. The molecule has 2 aliphatic rings. The summed E-state index contributed by atoms with van der Waals surface area (Å²) in [6.45, 7) is 2.71. The highest BCUT2D eigenvalue weighted by Gasteiger charge is 2.40. The smallest absolute Gasteiger partial charge is 0.168 e. The van der Waals surface area contributed by atoms with Crippen molar-refractivity contribution in [2.75, 3.05) is 26.8 Å². The van der Waals surface area contributed by atoms with Crippen LogP contribution in [0.2, 0.25) is 0 Å². The number of hydrogen-bond donors (Lipinski definition) is 0. The second kappa shape index (κ2) is 5.92. The summed E-state index contributed by atoms with van der Waals surface area (Å²) in [6, 6.07) is 5.06. The lowest BCUT2D eigenvalue weighted by Gasteiger charge is -2.39. The van der Waals surface area contributed by atoms with Crippen LogP contribution in [0.5, 0.6) is 0 Å². The van der Waals surface area contributed by atoms with Gasteiger partial charge in [0.2, 0.25) is 0 Å². The molecular formula is C15H23NO2S. The summed E-state index contributed by atoms with van der Waals surface area (Å²) in [5.41, 5.74) is 0. The lowest BCUT2D eigenvalue weighted by Crippen LogP contribution is -2.43. The van der Waals surface area contributed by atoms with Crippen LogP contribution in [0.15, 0.2) is 17.5 Å². The Morgan fingerprint density at radius 1 is 1.32 bits per heavy atom. The highest BCUT2D eigenvalue weighted by atomic mass is 32.1. The summed E-state index contributed by atoms with van der Waals surface area (Å²) in [7, 11) is 2.26. The van der Waals surface area contributed by atoms with Crippen LogP contribution in [0, 0.1) is 0 Å². The number of rotatable bonds is 4. The van der Waals surface area contributed by atoms with Crippen LogP contribution in [0.3, 0.4) is 0 Å². The van der Waals surface area contributed by atoms with Crippen LogP contribution in [-0.4, -0.2) is 43.5 Å². The first-order valence-electron chi connectivity index (χ1n) is 7.28. The monoisotopic (exact) mass is 281 g/mol. The van der Waals surface area contributed by atoms with E-state index in [1.165, 1.54) is 24.1 Å². The quantitative estimate of drug-likeness (QED) is 0.847. The number of hydrogen-bond acceptors (Lipinski definition) is 4. The van der Waals surface area contributed by atoms with Crippen molar-refractivity contribution in [3.05, 3.63) is 22.4 Å². The molecule has 106 valence electrons. The van der Waals surface area contributed by atoms with Crippen molar-refractivity contribution in [1.29, 1.82) is 0 Å². The molecule has 2 heterocycles. The molecule has 0 unspecified atom stereocenters. The molecule has 0 aromatic carbocycles. The van der Waals surface area contributed by atoms with Crippen LogP contribution in [0.25, 0.3) is 0 Å². The molecule has 1 spiro atoms. The topological polar surface area (TPSA) is 21.7 Å². The Kier molecular flexibility index (Phi) is 4.22. The lowest BCUT2D eigenvalue weighted by atomic mass is 9.89. The van der Waals surface area contributed by atoms with Crippen LogP contribution in [-0.2, 0) is 15.9 Å². The molecular weight excluding hydrogens is 258 g/mol. The highest BCUT2D eigenvalue weighted by Crippen LogP contribution is 2.37. The normalized spacial score (nSPS) is 23.5. The van der Waals surface area contributed by atoms with Crippen molar-refractivity contribution < 1.29 is 9.47 Å². The summed E-state index contributed by atoms with van der Waals surface area (Å²) in [5.74, 6) is -0.217. The maximum absolute atomic E-state index is 5.79. The molecule has 0 radical (unpaired) electrons. The summed E-state index contributed by atoms with van der Waals surface area (Å²) in [6.07, 6.45) is 5.67. The first kappa shape index (κ1) is 13.6. The van der Waals surface area contributed by atoms with Gasteiger partial charge in [-0.3, -0.25) is 0 Å². The third-order valence-electron chi connectivity index (χ3n) is 4.44. The first-order valence-corrected chi connectivity index (χ1v) is 8.16. The zero-order chi connectivity index (χ0) is 13.1. The molecule has 1 aliphatic carbocycles. The second-order valence-corrected chi connectivity index (χ2v) is 6.68. The number of nitrogens with zero attached hydrogens (tertiary/aromatic N) is 1. The Morgan fingerprint density at radius 3 is 2.68 bits per heavy atom. The van der Waals surface area contributed by atoms with Crippen LogP contribution in [0.1, 0.15) is 30.6 Å². The average Bonchev–Trinajstić information content (AvgIpc) is 3.09. The summed E-state index contributed by atoms with van der Waals surface area (Å²) >= 11 is 1.86. The fourth-order valence-corrected chi connectivity index (χ4v) is 3.89. The minimum atomic E-state index is -0.217. The van der Waals surface area contributed by atoms with Gasteiger partial charge in [-0.25, -0.2) is 0 Å². The van der Waals surface area contributed by atoms with Crippen molar-refractivity contribution in [3.63, 3.8) is 0 Å². The fraction of sp³-hybridized carbons (Fsp3) is 0.733. The van der Waals surface area contributed by atoms with Crippen molar-refractivity contribution in [3.8, 4) is 0 Å². The van der Waals surface area contributed by atoms with Gasteiger partial charge in [-0.1, -0.05) is 6.07 Å². The molecule has 3 nitrogen and oxygen atoms in total. The number of likely N-dealkylation sites (N-methyl/N-ethyl adjacent to an activating group) is 1. The Labute approximate surface area is 119 Å². The molecule has 1 saturated heterocycles. The van der Waals surface area contributed by atoms with E-state index in [-0.39, 0.29) is 5.79 Å². The minimum Gasteiger partial charge on any atom is -0.348 e. The van der Waals surface area contributed by atoms with Gasteiger partial charge in [-0.15, -0.1) is 11.3 Å². The molecule has 1 saturated carbocycles. The van der Waals surface area contributed by atoms with E-state index in [1.54, 1.807) is 0 Å². The molecule has 2 fully saturated rings. The molecule has 0 amide bonds. The van der Waals surface area contributed by atoms with E-state index in [2.05, 4.69) is 29.5 Å². The van der Waals surface area contributed by atoms with Gasteiger partial charge >= 0.3 is 0 Å². The molecule has 0 atom stereocenters. The zero-order valence-electron chi connectivity index (χ0n) is 11.6. The Balaban J connectivity index is 1.45.